The molecular formula is C15H23N3O4S. The molecule has 1 fully saturated rings. The van der Waals surface area contributed by atoms with Gasteiger partial charge in [0.25, 0.3) is 0 Å². The highest BCUT2D eigenvalue weighted by Gasteiger charge is 2.20. The Kier molecular flexibility index (Phi) is 5.97. The van der Waals surface area contributed by atoms with E-state index in [2.05, 4.69) is 10.0 Å². The van der Waals surface area contributed by atoms with E-state index in [0.717, 1.165) is 5.56 Å². The monoisotopic (exact) mass is 341 g/mol. The molecule has 0 aliphatic carbocycles. The normalized spacial score (nSPS) is 18.7. The molecular weight excluding hydrogens is 318 g/mol. The van der Waals surface area contributed by atoms with Crippen molar-refractivity contribution in [3.05, 3.63) is 35.4 Å². The number of sulfonamides is 1. The molecule has 2 amide bonds. The van der Waals surface area contributed by atoms with E-state index in [0.29, 0.717) is 31.8 Å². The Morgan fingerprint density at radius 1 is 1.30 bits per heavy atom. The van der Waals surface area contributed by atoms with E-state index in [1.807, 2.05) is 19.1 Å². The average molecular weight is 341 g/mol. The highest BCUT2D eigenvalue weighted by molar-refractivity contribution is 7.88. The third-order valence-corrected chi connectivity index (χ3v) is 5.00. The van der Waals surface area contributed by atoms with Crippen LogP contribution in [0.4, 0.5) is 4.79 Å². The molecule has 0 radical (unpaired) electrons. The fourth-order valence-corrected chi connectivity index (χ4v) is 3.11. The van der Waals surface area contributed by atoms with Gasteiger partial charge in [-0.25, -0.2) is 17.9 Å². The molecule has 1 aliphatic rings. The van der Waals surface area contributed by atoms with Gasteiger partial charge in [0.05, 0.1) is 18.5 Å². The summed E-state index contributed by atoms with van der Waals surface area (Å²) in [5, 5.41) is 2.87. The number of amides is 2. The lowest BCUT2D eigenvalue weighted by molar-refractivity contribution is -0.00351. The van der Waals surface area contributed by atoms with Crippen molar-refractivity contribution < 1.29 is 17.9 Å². The minimum Gasteiger partial charge on any atom is -0.375 e. The fraction of sp³-hybridized carbons (Fsp3) is 0.533. The van der Waals surface area contributed by atoms with Crippen LogP contribution in [-0.4, -0.2) is 52.2 Å². The number of benzene rings is 1. The van der Waals surface area contributed by atoms with Crippen molar-refractivity contribution in [3.63, 3.8) is 0 Å². The van der Waals surface area contributed by atoms with Gasteiger partial charge in [-0.3, -0.25) is 0 Å². The van der Waals surface area contributed by atoms with Gasteiger partial charge >= 0.3 is 6.03 Å². The van der Waals surface area contributed by atoms with Gasteiger partial charge in [-0.2, -0.15) is 0 Å². The predicted octanol–water partition coefficient (Wildman–Crippen LogP) is 0.666. The summed E-state index contributed by atoms with van der Waals surface area (Å²) in [7, 11) is -1.87. The van der Waals surface area contributed by atoms with Gasteiger partial charge < -0.3 is 15.0 Å². The van der Waals surface area contributed by atoms with Crippen LogP contribution in [0.1, 0.15) is 18.1 Å². The van der Waals surface area contributed by atoms with E-state index < -0.39 is 10.0 Å². The highest BCUT2D eigenvalue weighted by atomic mass is 32.2. The van der Waals surface area contributed by atoms with Crippen molar-refractivity contribution in [2.75, 3.05) is 26.7 Å². The first-order valence-corrected chi connectivity index (χ1v) is 9.18. The molecule has 2 N–H and O–H groups in total. The lowest BCUT2D eigenvalue weighted by Gasteiger charge is -2.31. The molecule has 8 heteroatoms. The lowest BCUT2D eigenvalue weighted by Crippen LogP contribution is -2.48. The number of urea groups is 1. The number of hydrogen-bond donors (Lipinski definition) is 2. The van der Waals surface area contributed by atoms with Crippen LogP contribution < -0.4 is 10.0 Å². The van der Waals surface area contributed by atoms with Crippen molar-refractivity contribution in [1.82, 2.24) is 14.9 Å². The van der Waals surface area contributed by atoms with E-state index in [-0.39, 0.29) is 17.9 Å². The molecule has 2 rings (SSSR count). The second-order valence-corrected chi connectivity index (χ2v) is 7.49. The van der Waals surface area contributed by atoms with Gasteiger partial charge in [0, 0.05) is 19.6 Å². The van der Waals surface area contributed by atoms with Gasteiger partial charge in [-0.05, 0) is 25.1 Å². The van der Waals surface area contributed by atoms with E-state index in [4.69, 9.17) is 4.74 Å². The lowest BCUT2D eigenvalue weighted by atomic mass is 10.1. The van der Waals surface area contributed by atoms with Crippen molar-refractivity contribution in [2.24, 2.45) is 0 Å². The highest BCUT2D eigenvalue weighted by Crippen LogP contribution is 2.09. The summed E-state index contributed by atoms with van der Waals surface area (Å²) in [6.45, 7) is 4.09. The first-order valence-electron chi connectivity index (χ1n) is 7.53. The molecule has 0 spiro atoms. The summed E-state index contributed by atoms with van der Waals surface area (Å²) in [4.78, 5) is 13.8. The van der Waals surface area contributed by atoms with Crippen LogP contribution in [0.15, 0.2) is 24.3 Å². The molecule has 128 valence electrons. The zero-order chi connectivity index (χ0) is 16.9. The van der Waals surface area contributed by atoms with Crippen LogP contribution in [0, 0.1) is 0 Å². The average Bonchev–Trinajstić information content (AvgIpc) is 2.53. The summed E-state index contributed by atoms with van der Waals surface area (Å²) < 4.78 is 30.7. The first-order chi connectivity index (χ1) is 10.9. The van der Waals surface area contributed by atoms with Crippen LogP contribution in [0.25, 0.3) is 0 Å². The molecule has 0 unspecified atom stereocenters. The standard InChI is InChI=1S/C15H23N3O4S/c1-12-10-18(7-8-22-12)15(19)17-9-13-3-5-14(6-4-13)11-23(20,21)16-2/h3-6,12,16H,7-11H2,1-2H3,(H,17,19)/t12-/m0/s1. The van der Waals surface area contributed by atoms with Crippen molar-refractivity contribution in [2.45, 2.75) is 25.3 Å². The Bertz CT molecular complexity index is 631. The Morgan fingerprint density at radius 2 is 1.96 bits per heavy atom. The van der Waals surface area contributed by atoms with Crippen molar-refractivity contribution in [3.8, 4) is 0 Å². The van der Waals surface area contributed by atoms with Gasteiger partial charge in [0.15, 0.2) is 0 Å². The van der Waals surface area contributed by atoms with Crippen LogP contribution in [0.2, 0.25) is 0 Å². The molecule has 0 saturated carbocycles. The van der Waals surface area contributed by atoms with E-state index in [1.54, 1.807) is 17.0 Å². The molecule has 7 nitrogen and oxygen atoms in total. The second-order valence-electron chi connectivity index (χ2n) is 5.57. The molecule has 1 heterocycles. The molecule has 0 bridgehead atoms. The predicted molar refractivity (Wildman–Crippen MR) is 87.3 cm³/mol. The summed E-state index contributed by atoms with van der Waals surface area (Å²) in [5.41, 5.74) is 1.63. The summed E-state index contributed by atoms with van der Waals surface area (Å²) in [6.07, 6.45) is 0.0582. The molecule has 1 atom stereocenters. The molecule has 1 aromatic carbocycles. The number of morpholine rings is 1. The smallest absolute Gasteiger partial charge is 0.317 e. The Hall–Kier alpha value is -1.64. The SMILES string of the molecule is CNS(=O)(=O)Cc1ccc(CNC(=O)N2CCO[C@@H](C)C2)cc1. The summed E-state index contributed by atoms with van der Waals surface area (Å²) in [6, 6.07) is 7.05. The maximum absolute atomic E-state index is 12.1. The number of ether oxygens (including phenoxy) is 1. The van der Waals surface area contributed by atoms with Crippen molar-refractivity contribution >= 4 is 16.1 Å². The Morgan fingerprint density at radius 3 is 2.57 bits per heavy atom. The third-order valence-electron chi connectivity index (χ3n) is 3.66. The zero-order valence-electron chi connectivity index (χ0n) is 13.4. The van der Waals surface area contributed by atoms with Gasteiger partial charge in [-0.15, -0.1) is 0 Å². The van der Waals surface area contributed by atoms with Crippen LogP contribution in [-0.2, 0) is 27.1 Å². The van der Waals surface area contributed by atoms with E-state index >= 15 is 0 Å². The number of nitrogens with one attached hydrogen (secondary N) is 2. The minimum absolute atomic E-state index is 0.0538. The topological polar surface area (TPSA) is 87.7 Å². The molecule has 0 aromatic heterocycles. The maximum Gasteiger partial charge on any atom is 0.317 e. The molecule has 1 aromatic rings. The number of carbonyl (C=O) groups excluding carboxylic acids is 1. The van der Waals surface area contributed by atoms with Gasteiger partial charge in [0.1, 0.15) is 0 Å². The number of hydrogen-bond acceptors (Lipinski definition) is 4. The van der Waals surface area contributed by atoms with E-state index in [1.165, 1.54) is 7.05 Å². The Balaban J connectivity index is 1.85. The first kappa shape index (κ1) is 17.7. The number of nitrogens with zero attached hydrogens (tertiary/aromatic N) is 1. The molecule has 1 aliphatic heterocycles. The fourth-order valence-electron chi connectivity index (χ4n) is 2.34. The largest absolute Gasteiger partial charge is 0.375 e. The molecule has 23 heavy (non-hydrogen) atoms. The molecule has 1 saturated heterocycles. The second kappa shape index (κ2) is 7.76. The number of rotatable bonds is 5. The van der Waals surface area contributed by atoms with Crippen molar-refractivity contribution in [1.29, 1.82) is 0 Å². The van der Waals surface area contributed by atoms with E-state index in [9.17, 15) is 13.2 Å². The van der Waals surface area contributed by atoms with Crippen LogP contribution >= 0.6 is 0 Å². The minimum atomic E-state index is -3.27. The Labute approximate surface area is 137 Å². The third kappa shape index (κ3) is 5.49. The van der Waals surface area contributed by atoms with Crippen LogP contribution in [0.5, 0.6) is 0 Å². The van der Waals surface area contributed by atoms with Gasteiger partial charge in [0.2, 0.25) is 10.0 Å². The quantitative estimate of drug-likeness (QED) is 0.824. The van der Waals surface area contributed by atoms with Gasteiger partial charge in [-0.1, -0.05) is 24.3 Å². The summed E-state index contributed by atoms with van der Waals surface area (Å²) >= 11 is 0. The van der Waals surface area contributed by atoms with Crippen LogP contribution in [0.3, 0.4) is 0 Å². The summed E-state index contributed by atoms with van der Waals surface area (Å²) in [5.74, 6) is -0.0538. The number of carbonyl (C=O) groups is 1. The maximum atomic E-state index is 12.1. The zero-order valence-corrected chi connectivity index (χ0v) is 14.2.